The largest absolute Gasteiger partial charge is 0.402 e. The molecule has 0 fully saturated rings. The molecule has 0 saturated heterocycles. The van der Waals surface area contributed by atoms with Crippen molar-refractivity contribution in [3.05, 3.63) is 65.0 Å². The summed E-state index contributed by atoms with van der Waals surface area (Å²) < 4.78 is 74.1. The lowest BCUT2D eigenvalue weighted by Crippen LogP contribution is -2.40. The van der Waals surface area contributed by atoms with E-state index in [2.05, 4.69) is 25.5 Å². The molecule has 36 heavy (non-hydrogen) atoms. The first kappa shape index (κ1) is 25.0. The highest BCUT2D eigenvalue weighted by molar-refractivity contribution is 6.29. The van der Waals surface area contributed by atoms with Crippen LogP contribution in [0.5, 0.6) is 0 Å². The Kier molecular flexibility index (Phi) is 6.88. The first-order valence-corrected chi connectivity index (χ1v) is 10.5. The van der Waals surface area contributed by atoms with E-state index >= 15 is 0 Å². The van der Waals surface area contributed by atoms with Gasteiger partial charge in [0.25, 0.3) is 0 Å². The van der Waals surface area contributed by atoms with Gasteiger partial charge < -0.3 is 15.6 Å². The van der Waals surface area contributed by atoms with Gasteiger partial charge in [0.05, 0.1) is 12.2 Å². The van der Waals surface area contributed by atoms with Gasteiger partial charge in [-0.3, -0.25) is 9.48 Å². The molecule has 0 radical (unpaired) electrons. The van der Waals surface area contributed by atoms with Gasteiger partial charge in [0.1, 0.15) is 23.5 Å². The van der Waals surface area contributed by atoms with Gasteiger partial charge in [-0.2, -0.15) is 22.7 Å². The number of primary amides is 1. The van der Waals surface area contributed by atoms with Crippen molar-refractivity contribution >= 4 is 23.3 Å². The maximum atomic E-state index is 14.5. The molecule has 1 amide bonds. The number of benzene rings is 1. The lowest BCUT2D eigenvalue weighted by molar-refractivity contribution is -0.177. The van der Waals surface area contributed by atoms with Crippen LogP contribution in [-0.4, -0.2) is 43.5 Å². The number of alkyl halides is 3. The normalized spacial score (nSPS) is 12.5. The summed E-state index contributed by atoms with van der Waals surface area (Å²) in [6.07, 6.45) is -3.66. The second-order valence-corrected chi connectivity index (χ2v) is 7.78. The maximum Gasteiger partial charge on any atom is 0.402 e. The molecule has 3 aromatic heterocycles. The summed E-state index contributed by atoms with van der Waals surface area (Å²) >= 11 is 5.84. The number of aromatic nitrogens is 5. The van der Waals surface area contributed by atoms with Crippen molar-refractivity contribution in [1.82, 2.24) is 24.9 Å². The Morgan fingerprint density at radius 2 is 1.92 bits per heavy atom. The summed E-state index contributed by atoms with van der Waals surface area (Å²) in [5.41, 5.74) is 5.81. The summed E-state index contributed by atoms with van der Waals surface area (Å²) in [5.74, 6) is -6.95. The number of hydrogen-bond acceptors (Lipinski definition) is 7. The average molecular weight is 528 g/mol. The van der Waals surface area contributed by atoms with E-state index in [4.69, 9.17) is 21.9 Å². The number of nitrogens with one attached hydrogen (secondary N) is 1. The molecule has 1 unspecified atom stereocenters. The molecule has 15 heteroatoms. The van der Waals surface area contributed by atoms with Crippen molar-refractivity contribution < 1.29 is 31.3 Å². The Labute approximate surface area is 204 Å². The fraction of sp³-hybridized carbons (Fsp3) is 0.190. The topological polar surface area (TPSA) is 125 Å². The monoisotopic (exact) mass is 527 g/mol. The first-order valence-electron chi connectivity index (χ1n) is 10.1. The molecule has 9 nitrogen and oxygen atoms in total. The predicted octanol–water partition coefficient (Wildman–Crippen LogP) is 4.05. The van der Waals surface area contributed by atoms with Crippen molar-refractivity contribution in [2.45, 2.75) is 12.7 Å². The Bertz CT molecular complexity index is 1390. The third-order valence-corrected chi connectivity index (χ3v) is 5.26. The molecule has 0 aliphatic carbocycles. The van der Waals surface area contributed by atoms with E-state index in [9.17, 15) is 26.7 Å². The molecule has 0 aliphatic rings. The van der Waals surface area contributed by atoms with Gasteiger partial charge in [-0.15, -0.1) is 0 Å². The fourth-order valence-electron chi connectivity index (χ4n) is 3.21. The van der Waals surface area contributed by atoms with Crippen LogP contribution in [-0.2, 0) is 11.3 Å². The van der Waals surface area contributed by atoms with Gasteiger partial charge in [-0.1, -0.05) is 35.0 Å². The minimum Gasteiger partial charge on any atom is -0.369 e. The number of carbonyl (C=O) groups excluding carboxylic acids is 1. The van der Waals surface area contributed by atoms with Gasteiger partial charge in [-0.05, 0) is 12.1 Å². The van der Waals surface area contributed by atoms with Crippen LogP contribution in [0.3, 0.4) is 0 Å². The van der Waals surface area contributed by atoms with E-state index in [0.29, 0.717) is 17.0 Å². The maximum absolute atomic E-state index is 14.5. The highest BCUT2D eigenvalue weighted by atomic mass is 35.5. The molecule has 4 aromatic rings. The zero-order valence-corrected chi connectivity index (χ0v) is 18.7. The molecule has 0 saturated carbocycles. The van der Waals surface area contributed by atoms with Crippen LogP contribution in [0.25, 0.3) is 22.9 Å². The Morgan fingerprint density at radius 1 is 1.17 bits per heavy atom. The molecule has 4 rings (SSSR count). The molecule has 1 atom stereocenters. The molecule has 0 spiro atoms. The van der Waals surface area contributed by atoms with Crippen LogP contribution in [0.2, 0.25) is 5.15 Å². The van der Waals surface area contributed by atoms with Gasteiger partial charge >= 0.3 is 6.18 Å². The van der Waals surface area contributed by atoms with Crippen LogP contribution in [0.4, 0.5) is 27.8 Å². The van der Waals surface area contributed by atoms with Crippen LogP contribution in [0, 0.1) is 17.6 Å². The van der Waals surface area contributed by atoms with Crippen LogP contribution < -0.4 is 11.1 Å². The summed E-state index contributed by atoms with van der Waals surface area (Å²) in [7, 11) is 0. The van der Waals surface area contributed by atoms with Crippen LogP contribution >= 0.6 is 11.6 Å². The number of carbonyl (C=O) groups is 1. The summed E-state index contributed by atoms with van der Waals surface area (Å²) in [6, 6.07) is 8.94. The molecule has 3 N–H and O–H groups in total. The third kappa shape index (κ3) is 5.27. The van der Waals surface area contributed by atoms with Crippen molar-refractivity contribution in [2.75, 3.05) is 11.9 Å². The predicted molar refractivity (Wildman–Crippen MR) is 116 cm³/mol. The third-order valence-electron chi connectivity index (χ3n) is 5.01. The van der Waals surface area contributed by atoms with E-state index in [-0.39, 0.29) is 18.1 Å². The number of halogens is 6. The number of hydrogen-bond donors (Lipinski definition) is 2. The van der Waals surface area contributed by atoms with Crippen molar-refractivity contribution in [3.8, 4) is 22.9 Å². The second-order valence-electron chi connectivity index (χ2n) is 7.43. The van der Waals surface area contributed by atoms with Crippen LogP contribution in [0.1, 0.15) is 5.56 Å². The highest BCUT2D eigenvalue weighted by Crippen LogP contribution is 2.30. The molecular formula is C21H15ClF5N7O2. The minimum atomic E-state index is -4.97. The quantitative estimate of drug-likeness (QED) is 0.261. The Hall–Kier alpha value is -4.07. The number of nitrogens with two attached hydrogens (primary N) is 1. The minimum absolute atomic E-state index is 0.0246. The number of anilines is 1. The second kappa shape index (κ2) is 9.89. The van der Waals surface area contributed by atoms with Crippen molar-refractivity contribution in [1.29, 1.82) is 0 Å². The first-order chi connectivity index (χ1) is 17.0. The molecule has 0 aliphatic heterocycles. The summed E-state index contributed by atoms with van der Waals surface area (Å²) in [6.45, 7) is -1.13. The van der Waals surface area contributed by atoms with Gasteiger partial charge in [0.15, 0.2) is 22.7 Å². The molecular weight excluding hydrogens is 513 g/mol. The van der Waals surface area contributed by atoms with Crippen molar-refractivity contribution in [3.63, 3.8) is 0 Å². The Balaban J connectivity index is 1.71. The lowest BCUT2D eigenvalue weighted by atomic mass is 10.1. The standard InChI is InChI=1S/C21H15ClF5N7O2/c22-17-16(24)20(29-8-11(18(28)35)21(25,26)27)31-19(30-17)14-7-15(13-5-6-36-33-13)34(32-14)9-10-3-1-2-4-12(10)23/h1-7,11H,8-9H2,(H2,28,35)(H,29,30,31). The fourth-order valence-corrected chi connectivity index (χ4v) is 3.38. The molecule has 1 aromatic carbocycles. The van der Waals surface area contributed by atoms with Gasteiger partial charge in [0, 0.05) is 18.2 Å². The van der Waals surface area contributed by atoms with E-state index in [1.165, 1.54) is 35.2 Å². The van der Waals surface area contributed by atoms with E-state index in [0.717, 1.165) is 0 Å². The van der Waals surface area contributed by atoms with Gasteiger partial charge in [0.2, 0.25) is 11.7 Å². The SMILES string of the molecule is NC(=O)C(CNc1nc(-c2cc(-c3ccon3)n(Cc3ccccc3F)n2)nc(Cl)c1F)C(F)(F)F. The highest BCUT2D eigenvalue weighted by Gasteiger charge is 2.43. The Morgan fingerprint density at radius 3 is 2.56 bits per heavy atom. The van der Waals surface area contributed by atoms with Crippen LogP contribution in [0.15, 0.2) is 47.2 Å². The zero-order valence-electron chi connectivity index (χ0n) is 17.9. The molecule has 0 bridgehead atoms. The van der Waals surface area contributed by atoms with E-state index in [1.54, 1.807) is 12.1 Å². The smallest absolute Gasteiger partial charge is 0.369 e. The number of nitrogens with zero attached hydrogens (tertiary/aromatic N) is 5. The van der Waals surface area contributed by atoms with Crippen molar-refractivity contribution in [2.24, 2.45) is 11.7 Å². The van der Waals surface area contributed by atoms with E-state index in [1.807, 2.05) is 0 Å². The summed E-state index contributed by atoms with van der Waals surface area (Å²) in [5, 5.41) is 9.56. The lowest BCUT2D eigenvalue weighted by Gasteiger charge is -2.18. The molecule has 188 valence electrons. The molecule has 3 heterocycles. The number of amides is 1. The zero-order chi connectivity index (χ0) is 26.0. The average Bonchev–Trinajstić information content (AvgIpc) is 3.47. The number of rotatable bonds is 8. The van der Waals surface area contributed by atoms with Gasteiger partial charge in [-0.25, -0.2) is 14.4 Å². The summed E-state index contributed by atoms with van der Waals surface area (Å²) in [4.78, 5) is 18.9. The van der Waals surface area contributed by atoms with E-state index < -0.39 is 47.2 Å².